The zero-order valence-electron chi connectivity index (χ0n) is 17.4. The van der Waals surface area contributed by atoms with E-state index in [1.54, 1.807) is 13.8 Å². The Morgan fingerprint density at radius 1 is 1.07 bits per heavy atom. The molecule has 0 aliphatic heterocycles. The molecule has 1 amide bonds. The van der Waals surface area contributed by atoms with Gasteiger partial charge < -0.3 is 19.5 Å². The topological polar surface area (TPSA) is 90.9 Å². The van der Waals surface area contributed by atoms with E-state index in [-0.39, 0.29) is 25.1 Å². The molecule has 0 saturated carbocycles. The van der Waals surface area contributed by atoms with Gasteiger partial charge in [-0.2, -0.15) is 0 Å². The van der Waals surface area contributed by atoms with Crippen LogP contribution in [0.1, 0.15) is 46.1 Å². The molecule has 0 saturated heterocycles. The molecule has 1 aromatic rings. The number of nitrogens with one attached hydrogen (secondary N) is 1. The Morgan fingerprint density at radius 2 is 1.72 bits per heavy atom. The molecule has 0 spiro atoms. The van der Waals surface area contributed by atoms with E-state index >= 15 is 0 Å². The second kappa shape index (κ2) is 12.7. The van der Waals surface area contributed by atoms with Gasteiger partial charge in [-0.3, -0.25) is 4.79 Å². The number of hydrogen-bond acceptors (Lipinski definition) is 6. The van der Waals surface area contributed by atoms with Crippen LogP contribution >= 0.6 is 22.6 Å². The molecule has 1 rings (SSSR count). The maximum absolute atomic E-state index is 12.4. The summed E-state index contributed by atoms with van der Waals surface area (Å²) in [5, 5.41) is 2.57. The molecule has 162 valence electrons. The van der Waals surface area contributed by atoms with Gasteiger partial charge in [-0.25, -0.2) is 9.59 Å². The molecule has 1 aromatic carbocycles. The van der Waals surface area contributed by atoms with Crippen LogP contribution in [0.5, 0.6) is 0 Å². The molecule has 7 nitrogen and oxygen atoms in total. The zero-order chi connectivity index (χ0) is 21.9. The molecule has 1 N–H and O–H groups in total. The molecule has 8 heteroatoms. The number of alkyl halides is 1. The Balaban J connectivity index is 2.43. The van der Waals surface area contributed by atoms with Crippen LogP contribution in [0.2, 0.25) is 0 Å². The monoisotopic (exact) mass is 519 g/mol. The first kappa shape index (κ1) is 25.2. The van der Waals surface area contributed by atoms with Gasteiger partial charge in [0.05, 0.1) is 12.0 Å². The summed E-state index contributed by atoms with van der Waals surface area (Å²) in [6.45, 7) is 7.49. The van der Waals surface area contributed by atoms with Crippen molar-refractivity contribution in [3.63, 3.8) is 0 Å². The number of carbonyl (C=O) groups excluding carboxylic acids is 3. The molecule has 0 heterocycles. The zero-order valence-corrected chi connectivity index (χ0v) is 19.6. The van der Waals surface area contributed by atoms with Crippen LogP contribution in [0.4, 0.5) is 4.79 Å². The van der Waals surface area contributed by atoms with Crippen LogP contribution in [0.3, 0.4) is 0 Å². The lowest BCUT2D eigenvalue weighted by Gasteiger charge is -2.23. The fourth-order valence-electron chi connectivity index (χ4n) is 2.51. The van der Waals surface area contributed by atoms with Gasteiger partial charge >= 0.3 is 18.0 Å². The number of carbonyl (C=O) groups is 3. The smallest absolute Gasteiger partial charge is 0.408 e. The summed E-state index contributed by atoms with van der Waals surface area (Å²) in [4.78, 5) is 36.3. The Morgan fingerprint density at radius 3 is 2.31 bits per heavy atom. The van der Waals surface area contributed by atoms with Crippen molar-refractivity contribution in [2.24, 2.45) is 11.3 Å². The van der Waals surface area contributed by atoms with Crippen molar-refractivity contribution in [3.8, 4) is 0 Å². The molecule has 0 aliphatic rings. The van der Waals surface area contributed by atoms with Crippen LogP contribution in [-0.4, -0.2) is 35.3 Å². The molecule has 0 aromatic heterocycles. The van der Waals surface area contributed by atoms with Gasteiger partial charge in [0.1, 0.15) is 17.3 Å². The van der Waals surface area contributed by atoms with E-state index in [1.807, 2.05) is 66.8 Å². The Labute approximate surface area is 186 Å². The van der Waals surface area contributed by atoms with Crippen molar-refractivity contribution in [1.82, 2.24) is 5.32 Å². The lowest BCUT2D eigenvalue weighted by molar-refractivity contribution is -0.152. The minimum atomic E-state index is -0.810. The van der Waals surface area contributed by atoms with Gasteiger partial charge in [-0.05, 0) is 60.8 Å². The maximum atomic E-state index is 12.4. The van der Waals surface area contributed by atoms with Gasteiger partial charge in [0.15, 0.2) is 0 Å². The van der Waals surface area contributed by atoms with Crippen molar-refractivity contribution in [2.45, 2.75) is 53.2 Å². The minimum Gasteiger partial charge on any atom is -0.464 e. The standard InChI is InChI=1S/C21H30INO6/c1-15(2)17(23-20(26)28-13-16-9-6-5-7-10-16)18(24)27-12-8-11-21(3,4)19(25)29-14-22/h5-7,9-10,15,17H,8,11-14H2,1-4H3,(H,23,26)/t17-/m0/s1. The molecule has 0 unspecified atom stereocenters. The normalized spacial score (nSPS) is 12.2. The highest BCUT2D eigenvalue weighted by atomic mass is 127. The van der Waals surface area contributed by atoms with Gasteiger partial charge in [-0.15, -0.1) is 0 Å². The van der Waals surface area contributed by atoms with Crippen molar-refractivity contribution >= 4 is 40.6 Å². The first-order valence-electron chi connectivity index (χ1n) is 9.54. The van der Waals surface area contributed by atoms with E-state index in [4.69, 9.17) is 14.2 Å². The lowest BCUT2D eigenvalue weighted by Crippen LogP contribution is -2.45. The number of amides is 1. The van der Waals surface area contributed by atoms with Crippen LogP contribution in [0, 0.1) is 11.3 Å². The second-order valence-electron chi connectivity index (χ2n) is 7.62. The number of hydrogen-bond donors (Lipinski definition) is 1. The summed E-state index contributed by atoms with van der Waals surface area (Å²) >= 11 is 1.97. The fourth-order valence-corrected chi connectivity index (χ4v) is 2.80. The Kier molecular flexibility index (Phi) is 11.0. The molecule has 1 atom stereocenters. The maximum Gasteiger partial charge on any atom is 0.408 e. The minimum absolute atomic E-state index is 0.120. The molecular formula is C21H30INO6. The van der Waals surface area contributed by atoms with E-state index in [9.17, 15) is 14.4 Å². The Hall–Kier alpha value is -1.84. The van der Waals surface area contributed by atoms with Gasteiger partial charge in [-0.1, -0.05) is 44.2 Å². The highest BCUT2D eigenvalue weighted by Crippen LogP contribution is 2.24. The first-order valence-corrected chi connectivity index (χ1v) is 11.1. The van der Waals surface area contributed by atoms with Crippen LogP contribution in [0.15, 0.2) is 30.3 Å². The molecule has 0 fully saturated rings. The summed E-state index contributed by atoms with van der Waals surface area (Å²) in [5.74, 6) is -0.965. The lowest BCUT2D eigenvalue weighted by atomic mass is 9.88. The van der Waals surface area contributed by atoms with Crippen molar-refractivity contribution in [3.05, 3.63) is 35.9 Å². The van der Waals surface area contributed by atoms with Crippen molar-refractivity contribution in [2.75, 3.05) is 11.2 Å². The van der Waals surface area contributed by atoms with Crippen molar-refractivity contribution < 1.29 is 28.6 Å². The van der Waals surface area contributed by atoms with Crippen molar-refractivity contribution in [1.29, 1.82) is 0 Å². The summed E-state index contributed by atoms with van der Waals surface area (Å²) in [6, 6.07) is 8.47. The third-order valence-electron chi connectivity index (χ3n) is 4.34. The van der Waals surface area contributed by atoms with Crippen LogP contribution < -0.4 is 5.32 Å². The number of esters is 2. The number of benzene rings is 1. The van der Waals surface area contributed by atoms with E-state index in [0.717, 1.165) is 5.56 Å². The van der Waals surface area contributed by atoms with Crippen LogP contribution in [-0.2, 0) is 30.4 Å². The largest absolute Gasteiger partial charge is 0.464 e. The summed E-state index contributed by atoms with van der Waals surface area (Å²) in [6.07, 6.45) is 0.361. The fraction of sp³-hybridized carbons (Fsp3) is 0.571. The highest BCUT2D eigenvalue weighted by molar-refractivity contribution is 14.1. The third kappa shape index (κ3) is 9.47. The van der Waals surface area contributed by atoms with E-state index in [2.05, 4.69) is 5.32 Å². The predicted octanol–water partition coefficient (Wildman–Crippen LogP) is 4.22. The molecule has 0 aliphatic carbocycles. The number of halogens is 1. The van der Waals surface area contributed by atoms with E-state index in [1.165, 1.54) is 0 Å². The average molecular weight is 519 g/mol. The third-order valence-corrected chi connectivity index (χ3v) is 4.65. The first-order chi connectivity index (χ1) is 13.7. The molecule has 29 heavy (non-hydrogen) atoms. The van der Waals surface area contributed by atoms with E-state index in [0.29, 0.717) is 17.5 Å². The summed E-state index contributed by atoms with van der Waals surface area (Å²) in [5.41, 5.74) is 0.212. The number of rotatable bonds is 11. The molecular weight excluding hydrogens is 489 g/mol. The second-order valence-corrected chi connectivity index (χ2v) is 8.25. The molecule has 0 radical (unpaired) electrons. The van der Waals surface area contributed by atoms with Crippen LogP contribution in [0.25, 0.3) is 0 Å². The van der Waals surface area contributed by atoms with Gasteiger partial charge in [0.2, 0.25) is 0 Å². The summed E-state index contributed by atoms with van der Waals surface area (Å²) < 4.78 is 15.8. The van der Waals surface area contributed by atoms with Gasteiger partial charge in [0.25, 0.3) is 0 Å². The predicted molar refractivity (Wildman–Crippen MR) is 117 cm³/mol. The highest BCUT2D eigenvalue weighted by Gasteiger charge is 2.30. The number of alkyl carbamates (subject to hydrolysis) is 1. The Bertz CT molecular complexity index is 662. The van der Waals surface area contributed by atoms with Gasteiger partial charge in [0, 0.05) is 0 Å². The SMILES string of the molecule is CC(C)[C@H](NC(=O)OCc1ccccc1)C(=O)OCCCC(C)(C)C(=O)OCI. The van der Waals surface area contributed by atoms with E-state index < -0.39 is 23.5 Å². The summed E-state index contributed by atoms with van der Waals surface area (Å²) in [7, 11) is 0. The molecule has 0 bridgehead atoms. The number of ether oxygens (including phenoxy) is 3. The average Bonchev–Trinajstić information content (AvgIpc) is 2.68. The quantitative estimate of drug-likeness (QED) is 0.155.